The number of carboxylic acid groups (broad SMARTS) is 1. The SMILES string of the molecule is N#Cc1ccc(Oc2ccc(-c3c(Oc4ccccc4-c4ccc5cc(-n6ncc(C(=O)O)c6C(F)(F)F)[nH]c5c4)[nH]c4ccccc34)cc2)cc1. The Bertz CT molecular complexity index is 2670. The average molecular weight is 696 g/mol. The number of para-hydroxylation sites is 2. The lowest BCUT2D eigenvalue weighted by Crippen LogP contribution is -2.17. The first-order valence-electron chi connectivity index (χ1n) is 15.8. The van der Waals surface area contributed by atoms with Crippen LogP contribution in [0.25, 0.3) is 49.9 Å². The number of rotatable bonds is 8. The largest absolute Gasteiger partial charge is 0.478 e. The van der Waals surface area contributed by atoms with E-state index in [-0.39, 0.29) is 5.82 Å². The van der Waals surface area contributed by atoms with E-state index in [1.54, 1.807) is 36.4 Å². The van der Waals surface area contributed by atoms with Crippen LogP contribution in [0.5, 0.6) is 23.1 Å². The number of nitriles is 1. The number of H-pyrrole nitrogens is 2. The summed E-state index contributed by atoms with van der Waals surface area (Å²) in [5.74, 6) is 0.497. The molecule has 12 heteroatoms. The van der Waals surface area contributed by atoms with Crippen molar-refractivity contribution < 1.29 is 32.5 Å². The van der Waals surface area contributed by atoms with E-state index < -0.39 is 23.4 Å². The summed E-state index contributed by atoms with van der Waals surface area (Å²) in [6.07, 6.45) is -4.26. The molecule has 0 fully saturated rings. The minimum absolute atomic E-state index is 0.0347. The number of aromatic nitrogens is 4. The van der Waals surface area contributed by atoms with Gasteiger partial charge < -0.3 is 24.5 Å². The van der Waals surface area contributed by atoms with E-state index in [2.05, 4.69) is 21.1 Å². The van der Waals surface area contributed by atoms with Gasteiger partial charge in [-0.25, -0.2) is 9.48 Å². The van der Waals surface area contributed by atoms with Crippen molar-refractivity contribution in [1.82, 2.24) is 19.7 Å². The number of carbonyl (C=O) groups is 1. The average Bonchev–Trinajstić information content (AvgIpc) is 3.88. The van der Waals surface area contributed by atoms with Gasteiger partial charge in [0.1, 0.15) is 28.6 Å². The summed E-state index contributed by atoms with van der Waals surface area (Å²) >= 11 is 0. The van der Waals surface area contributed by atoms with Gasteiger partial charge in [-0.3, -0.25) is 0 Å². The van der Waals surface area contributed by atoms with Gasteiger partial charge in [0.2, 0.25) is 5.88 Å². The first kappa shape index (κ1) is 32.0. The third-order valence-corrected chi connectivity index (χ3v) is 8.55. The van der Waals surface area contributed by atoms with E-state index in [1.165, 1.54) is 6.07 Å². The number of benzene rings is 5. The molecular formula is C40H24F3N5O4. The maximum Gasteiger partial charge on any atom is 0.434 e. The number of hydrogen-bond acceptors (Lipinski definition) is 5. The zero-order valence-electron chi connectivity index (χ0n) is 26.8. The minimum atomic E-state index is -4.95. The Morgan fingerprint density at radius 2 is 1.48 bits per heavy atom. The monoisotopic (exact) mass is 695 g/mol. The number of nitrogens with one attached hydrogen (secondary N) is 2. The van der Waals surface area contributed by atoms with Crippen molar-refractivity contribution in [2.75, 3.05) is 0 Å². The Labute approximate surface area is 292 Å². The quantitative estimate of drug-likeness (QED) is 0.145. The molecule has 254 valence electrons. The van der Waals surface area contributed by atoms with E-state index in [4.69, 9.17) is 14.7 Å². The Morgan fingerprint density at radius 3 is 2.21 bits per heavy atom. The normalized spacial score (nSPS) is 11.5. The standard InChI is InChI=1S/C40H24F3N5O4/c41-40(42,43)37-31(39(49)50)22-45-48(37)35-20-26-12-11-25(19-33(26)46-35)29-5-2-4-8-34(29)52-38-36(30-6-1-3-7-32(30)47-38)24-13-17-28(18-14-24)51-27-15-9-23(21-44)10-16-27/h1-20,22,46-47H,(H,49,50). The number of ether oxygens (including phenoxy) is 2. The number of aromatic amines is 2. The van der Waals surface area contributed by atoms with Gasteiger partial charge in [0.15, 0.2) is 5.69 Å². The predicted molar refractivity (Wildman–Crippen MR) is 188 cm³/mol. The summed E-state index contributed by atoms with van der Waals surface area (Å²) in [5, 5.41) is 23.7. The van der Waals surface area contributed by atoms with Crippen LogP contribution in [0, 0.1) is 11.3 Å². The second-order valence-corrected chi connectivity index (χ2v) is 11.8. The molecular weight excluding hydrogens is 671 g/mol. The maximum absolute atomic E-state index is 13.9. The molecule has 0 atom stereocenters. The summed E-state index contributed by atoms with van der Waals surface area (Å²) in [4.78, 5) is 17.9. The Kier molecular flexibility index (Phi) is 7.73. The molecule has 9 nitrogen and oxygen atoms in total. The second kappa shape index (κ2) is 12.6. The Hall–Kier alpha value is -7.26. The number of halogens is 3. The third kappa shape index (κ3) is 5.86. The summed E-state index contributed by atoms with van der Waals surface area (Å²) in [7, 11) is 0. The van der Waals surface area contributed by atoms with Crippen LogP contribution in [0.2, 0.25) is 0 Å². The summed E-state index contributed by atoms with van der Waals surface area (Å²) < 4.78 is 54.9. The zero-order valence-corrected chi connectivity index (χ0v) is 26.8. The summed E-state index contributed by atoms with van der Waals surface area (Å²) in [6.45, 7) is 0. The lowest BCUT2D eigenvalue weighted by Gasteiger charge is -2.13. The first-order chi connectivity index (χ1) is 25.2. The highest BCUT2D eigenvalue weighted by Gasteiger charge is 2.41. The van der Waals surface area contributed by atoms with Crippen LogP contribution in [-0.4, -0.2) is 30.8 Å². The van der Waals surface area contributed by atoms with E-state index in [0.29, 0.717) is 50.5 Å². The summed E-state index contributed by atoms with van der Waals surface area (Å²) in [5.41, 5.74) is 2.75. The van der Waals surface area contributed by atoms with Crippen molar-refractivity contribution in [2.45, 2.75) is 6.18 Å². The van der Waals surface area contributed by atoms with Gasteiger partial charge >= 0.3 is 12.1 Å². The van der Waals surface area contributed by atoms with Gasteiger partial charge in [-0.15, -0.1) is 0 Å². The molecule has 5 aromatic carbocycles. The highest BCUT2D eigenvalue weighted by Crippen LogP contribution is 2.43. The molecule has 0 aliphatic carbocycles. The minimum Gasteiger partial charge on any atom is -0.478 e. The van der Waals surface area contributed by atoms with Crippen molar-refractivity contribution in [3.63, 3.8) is 0 Å². The third-order valence-electron chi connectivity index (χ3n) is 8.55. The van der Waals surface area contributed by atoms with Crippen molar-refractivity contribution in [3.8, 4) is 57.3 Å². The van der Waals surface area contributed by atoms with Gasteiger partial charge in [-0.1, -0.05) is 60.7 Å². The van der Waals surface area contributed by atoms with Gasteiger partial charge in [0, 0.05) is 27.4 Å². The molecule has 0 spiro atoms. The smallest absolute Gasteiger partial charge is 0.434 e. The highest BCUT2D eigenvalue weighted by atomic mass is 19.4. The van der Waals surface area contributed by atoms with Gasteiger partial charge in [0.05, 0.1) is 23.4 Å². The van der Waals surface area contributed by atoms with Crippen LogP contribution < -0.4 is 9.47 Å². The number of carboxylic acids is 1. The van der Waals surface area contributed by atoms with E-state index in [1.807, 2.05) is 78.9 Å². The Balaban J connectivity index is 1.13. The molecule has 0 amide bonds. The summed E-state index contributed by atoms with van der Waals surface area (Å²) in [6, 6.07) is 38.6. The highest BCUT2D eigenvalue weighted by molar-refractivity contribution is 5.99. The van der Waals surface area contributed by atoms with E-state index in [0.717, 1.165) is 33.2 Å². The number of hydrogen-bond donors (Lipinski definition) is 3. The Morgan fingerprint density at radius 1 is 0.788 bits per heavy atom. The number of fused-ring (bicyclic) bond motifs is 2. The van der Waals surface area contributed by atoms with Crippen LogP contribution >= 0.6 is 0 Å². The topological polar surface area (TPSA) is 129 Å². The molecule has 8 rings (SSSR count). The van der Waals surface area contributed by atoms with Crippen molar-refractivity contribution >= 4 is 27.8 Å². The lowest BCUT2D eigenvalue weighted by atomic mass is 10.0. The van der Waals surface area contributed by atoms with Crippen LogP contribution in [0.4, 0.5) is 13.2 Å². The fraction of sp³-hybridized carbons (Fsp3) is 0.0250. The second-order valence-electron chi connectivity index (χ2n) is 11.8. The van der Waals surface area contributed by atoms with Crippen LogP contribution in [0.1, 0.15) is 21.6 Å². The van der Waals surface area contributed by atoms with E-state index in [9.17, 15) is 23.1 Å². The number of aromatic carboxylic acids is 1. The molecule has 3 heterocycles. The first-order valence-corrected chi connectivity index (χ1v) is 15.8. The maximum atomic E-state index is 13.9. The molecule has 0 aliphatic rings. The number of nitrogens with zero attached hydrogens (tertiary/aromatic N) is 3. The van der Waals surface area contributed by atoms with Crippen molar-refractivity contribution in [3.05, 3.63) is 144 Å². The molecule has 8 aromatic rings. The van der Waals surface area contributed by atoms with Gasteiger partial charge in [-0.2, -0.15) is 23.5 Å². The van der Waals surface area contributed by atoms with Crippen LogP contribution in [0.15, 0.2) is 128 Å². The van der Waals surface area contributed by atoms with Crippen LogP contribution in [0.3, 0.4) is 0 Å². The molecule has 0 radical (unpaired) electrons. The molecule has 0 saturated heterocycles. The van der Waals surface area contributed by atoms with Crippen molar-refractivity contribution in [1.29, 1.82) is 5.26 Å². The lowest BCUT2D eigenvalue weighted by molar-refractivity contribution is -0.143. The predicted octanol–water partition coefficient (Wildman–Crippen LogP) is 10.3. The van der Waals surface area contributed by atoms with Gasteiger partial charge in [0.25, 0.3) is 0 Å². The van der Waals surface area contributed by atoms with E-state index >= 15 is 0 Å². The molecule has 0 aliphatic heterocycles. The fourth-order valence-corrected chi connectivity index (χ4v) is 6.16. The molecule has 0 unspecified atom stereocenters. The molecule has 3 aromatic heterocycles. The van der Waals surface area contributed by atoms with Crippen LogP contribution in [-0.2, 0) is 6.18 Å². The van der Waals surface area contributed by atoms with Crippen molar-refractivity contribution in [2.24, 2.45) is 0 Å². The number of alkyl halides is 3. The molecule has 52 heavy (non-hydrogen) atoms. The zero-order chi connectivity index (χ0) is 36.0. The molecule has 0 saturated carbocycles. The fourth-order valence-electron chi connectivity index (χ4n) is 6.16. The molecule has 3 N–H and O–H groups in total. The molecule has 0 bridgehead atoms. The van der Waals surface area contributed by atoms with Gasteiger partial charge in [-0.05, 0) is 71.8 Å².